The fourth-order valence-corrected chi connectivity index (χ4v) is 3.67. The Bertz CT molecular complexity index is 778. The highest BCUT2D eigenvalue weighted by atomic mass is 32.2. The van der Waals surface area contributed by atoms with E-state index >= 15 is 0 Å². The van der Waals surface area contributed by atoms with Crippen LogP contribution in [0.2, 0.25) is 0 Å². The molecular formula is C20H34N4O5S. The van der Waals surface area contributed by atoms with Crippen LogP contribution in [0.25, 0.3) is 0 Å². The number of guanidine groups is 1. The van der Waals surface area contributed by atoms with Gasteiger partial charge in [-0.2, -0.15) is 0 Å². The SMILES string of the molecule is CN=C(NCCOCCS(C)(=O)=O)NC1CCN(Cc2cc(OC)cc(OC)c2)C1. The molecule has 0 bridgehead atoms. The summed E-state index contributed by atoms with van der Waals surface area (Å²) < 4.78 is 38.2. The largest absolute Gasteiger partial charge is 0.497 e. The van der Waals surface area contributed by atoms with Crippen LogP contribution in [0.1, 0.15) is 12.0 Å². The van der Waals surface area contributed by atoms with Gasteiger partial charge in [-0.15, -0.1) is 0 Å². The average molecular weight is 443 g/mol. The molecule has 2 rings (SSSR count). The number of aliphatic imine (C=N–C) groups is 1. The van der Waals surface area contributed by atoms with E-state index in [9.17, 15) is 8.42 Å². The molecule has 1 heterocycles. The van der Waals surface area contributed by atoms with Crippen molar-refractivity contribution >= 4 is 15.8 Å². The Kier molecular flexibility index (Phi) is 9.67. The summed E-state index contributed by atoms with van der Waals surface area (Å²) in [5.41, 5.74) is 1.15. The number of hydrogen-bond acceptors (Lipinski definition) is 7. The Morgan fingerprint density at radius 3 is 2.50 bits per heavy atom. The molecule has 30 heavy (non-hydrogen) atoms. The minimum atomic E-state index is -2.98. The number of likely N-dealkylation sites (tertiary alicyclic amines) is 1. The number of ether oxygens (including phenoxy) is 3. The summed E-state index contributed by atoms with van der Waals surface area (Å²) in [6.07, 6.45) is 2.22. The highest BCUT2D eigenvalue weighted by Gasteiger charge is 2.23. The van der Waals surface area contributed by atoms with Crippen molar-refractivity contribution < 1.29 is 22.6 Å². The summed E-state index contributed by atoms with van der Waals surface area (Å²) in [5, 5.41) is 6.64. The fourth-order valence-electron chi connectivity index (χ4n) is 3.25. The maximum Gasteiger partial charge on any atom is 0.191 e. The molecule has 0 radical (unpaired) electrons. The highest BCUT2D eigenvalue weighted by Crippen LogP contribution is 2.24. The number of rotatable bonds is 11. The zero-order valence-electron chi connectivity index (χ0n) is 18.3. The summed E-state index contributed by atoms with van der Waals surface area (Å²) in [6.45, 7) is 3.91. The van der Waals surface area contributed by atoms with Gasteiger partial charge in [-0.1, -0.05) is 0 Å². The van der Waals surface area contributed by atoms with Crippen molar-refractivity contribution in [3.05, 3.63) is 23.8 Å². The molecule has 1 aliphatic heterocycles. The molecule has 9 nitrogen and oxygen atoms in total. The summed E-state index contributed by atoms with van der Waals surface area (Å²) in [6, 6.07) is 6.24. The smallest absolute Gasteiger partial charge is 0.191 e. The third kappa shape index (κ3) is 8.76. The number of methoxy groups -OCH3 is 2. The molecule has 0 saturated carbocycles. The molecule has 0 aliphatic carbocycles. The van der Waals surface area contributed by atoms with E-state index in [2.05, 4.69) is 20.5 Å². The molecule has 1 aromatic rings. The Labute approximate surface area is 179 Å². The number of sulfone groups is 1. The monoisotopic (exact) mass is 442 g/mol. The molecular weight excluding hydrogens is 408 g/mol. The van der Waals surface area contributed by atoms with Crippen LogP contribution in [0.4, 0.5) is 0 Å². The van der Waals surface area contributed by atoms with Crippen molar-refractivity contribution in [1.29, 1.82) is 0 Å². The van der Waals surface area contributed by atoms with Crippen molar-refractivity contribution in [2.75, 3.05) is 66.1 Å². The molecule has 0 amide bonds. The molecule has 0 aromatic heterocycles. The molecule has 1 aromatic carbocycles. The van der Waals surface area contributed by atoms with Crippen LogP contribution in [-0.2, 0) is 21.1 Å². The number of nitrogens with zero attached hydrogens (tertiary/aromatic N) is 2. The lowest BCUT2D eigenvalue weighted by atomic mass is 10.2. The minimum Gasteiger partial charge on any atom is -0.497 e. The third-order valence-electron chi connectivity index (χ3n) is 4.79. The van der Waals surface area contributed by atoms with Crippen LogP contribution in [0.15, 0.2) is 23.2 Å². The molecule has 1 aliphatic rings. The van der Waals surface area contributed by atoms with Crippen molar-refractivity contribution in [3.63, 3.8) is 0 Å². The van der Waals surface area contributed by atoms with E-state index in [4.69, 9.17) is 14.2 Å². The maximum absolute atomic E-state index is 11.1. The molecule has 0 spiro atoms. The lowest BCUT2D eigenvalue weighted by Gasteiger charge is -2.19. The van der Waals surface area contributed by atoms with Crippen LogP contribution < -0.4 is 20.1 Å². The van der Waals surface area contributed by atoms with Gasteiger partial charge in [-0.25, -0.2) is 8.42 Å². The zero-order valence-corrected chi connectivity index (χ0v) is 19.1. The van der Waals surface area contributed by atoms with Gasteiger partial charge in [0.15, 0.2) is 5.96 Å². The van der Waals surface area contributed by atoms with E-state index < -0.39 is 9.84 Å². The van der Waals surface area contributed by atoms with Gasteiger partial charge in [0, 0.05) is 51.6 Å². The second kappa shape index (κ2) is 12.0. The maximum atomic E-state index is 11.1. The number of nitrogens with one attached hydrogen (secondary N) is 2. The molecule has 1 atom stereocenters. The van der Waals surface area contributed by atoms with Crippen LogP contribution in [-0.4, -0.2) is 91.4 Å². The Morgan fingerprint density at radius 2 is 1.90 bits per heavy atom. The van der Waals surface area contributed by atoms with Crippen molar-refractivity contribution in [3.8, 4) is 11.5 Å². The van der Waals surface area contributed by atoms with Crippen LogP contribution in [0.3, 0.4) is 0 Å². The van der Waals surface area contributed by atoms with Gasteiger partial charge in [0.25, 0.3) is 0 Å². The van der Waals surface area contributed by atoms with E-state index in [0.29, 0.717) is 19.2 Å². The first-order valence-electron chi connectivity index (χ1n) is 10.00. The highest BCUT2D eigenvalue weighted by molar-refractivity contribution is 7.90. The number of hydrogen-bond donors (Lipinski definition) is 2. The Morgan fingerprint density at radius 1 is 1.20 bits per heavy atom. The van der Waals surface area contributed by atoms with Crippen LogP contribution in [0, 0.1) is 0 Å². The van der Waals surface area contributed by atoms with Crippen molar-refractivity contribution in [2.45, 2.75) is 19.0 Å². The van der Waals surface area contributed by atoms with E-state index in [0.717, 1.165) is 49.1 Å². The minimum absolute atomic E-state index is 0.0387. The zero-order chi connectivity index (χ0) is 22.0. The molecule has 1 fully saturated rings. The van der Waals surface area contributed by atoms with Crippen LogP contribution in [0.5, 0.6) is 11.5 Å². The number of benzene rings is 1. The van der Waals surface area contributed by atoms with Crippen molar-refractivity contribution in [1.82, 2.24) is 15.5 Å². The molecule has 2 N–H and O–H groups in total. The predicted octanol–water partition coefficient (Wildman–Crippen LogP) is 0.504. The van der Waals surface area contributed by atoms with E-state index in [1.165, 1.54) is 6.26 Å². The quantitative estimate of drug-likeness (QED) is 0.290. The molecule has 10 heteroatoms. The van der Waals surface area contributed by atoms with E-state index in [-0.39, 0.29) is 12.4 Å². The van der Waals surface area contributed by atoms with E-state index in [1.54, 1.807) is 21.3 Å². The van der Waals surface area contributed by atoms with Gasteiger partial charge in [0.1, 0.15) is 21.3 Å². The molecule has 1 unspecified atom stereocenters. The first-order valence-corrected chi connectivity index (χ1v) is 12.1. The van der Waals surface area contributed by atoms with Crippen molar-refractivity contribution in [2.24, 2.45) is 4.99 Å². The lowest BCUT2D eigenvalue weighted by Crippen LogP contribution is -2.45. The third-order valence-corrected chi connectivity index (χ3v) is 5.70. The first-order chi connectivity index (χ1) is 14.3. The molecule has 170 valence electrons. The lowest BCUT2D eigenvalue weighted by molar-refractivity contribution is 0.154. The second-order valence-electron chi connectivity index (χ2n) is 7.33. The second-order valence-corrected chi connectivity index (χ2v) is 9.59. The Hall–Kier alpha value is -2.04. The summed E-state index contributed by atoms with van der Waals surface area (Å²) >= 11 is 0. The summed E-state index contributed by atoms with van der Waals surface area (Å²) in [4.78, 5) is 6.64. The van der Waals surface area contributed by atoms with Crippen LogP contribution >= 0.6 is 0 Å². The van der Waals surface area contributed by atoms with Gasteiger partial charge in [-0.05, 0) is 24.1 Å². The molecule has 1 saturated heterocycles. The summed E-state index contributed by atoms with van der Waals surface area (Å²) in [5.74, 6) is 2.34. The first kappa shape index (κ1) is 24.2. The fraction of sp³-hybridized carbons (Fsp3) is 0.650. The van der Waals surface area contributed by atoms with Gasteiger partial charge in [-0.3, -0.25) is 9.89 Å². The topological polar surface area (TPSA) is 101 Å². The van der Waals surface area contributed by atoms with Gasteiger partial charge in [0.05, 0.1) is 33.2 Å². The van der Waals surface area contributed by atoms with Gasteiger partial charge < -0.3 is 24.8 Å². The van der Waals surface area contributed by atoms with Gasteiger partial charge in [0.2, 0.25) is 0 Å². The Balaban J connectivity index is 1.73. The standard InChI is InChI=1S/C20H34N4O5S/c1-21-20(22-6-8-29-9-10-30(4,25)26)23-17-5-7-24(15-17)14-16-11-18(27-2)13-19(12-16)28-3/h11-13,17H,5-10,14-15H2,1-4H3,(H2,21,22,23). The van der Waals surface area contributed by atoms with Gasteiger partial charge >= 0.3 is 0 Å². The normalized spacial score (nSPS) is 17.7. The predicted molar refractivity (Wildman–Crippen MR) is 118 cm³/mol. The van der Waals surface area contributed by atoms with E-state index in [1.807, 2.05) is 18.2 Å². The average Bonchev–Trinajstić information content (AvgIpc) is 3.15. The summed E-state index contributed by atoms with van der Waals surface area (Å²) in [7, 11) is 2.06.